The zero-order valence-electron chi connectivity index (χ0n) is 58.7. The average Bonchev–Trinajstić information content (AvgIpc) is 1.56. The monoisotopic (exact) mass is 1260 g/mol. The summed E-state index contributed by atoms with van der Waals surface area (Å²) >= 11 is 0. The van der Waals surface area contributed by atoms with Crippen LogP contribution in [0.1, 0.15) is 282 Å². The molecule has 0 amide bonds. The Morgan fingerprint density at radius 3 is 0.879 bits per heavy atom. The minimum Gasteiger partial charge on any atom is -0.462 e. The van der Waals surface area contributed by atoms with Gasteiger partial charge < -0.3 is 28.4 Å². The average molecular weight is 1260 g/mol. The van der Waals surface area contributed by atoms with Crippen LogP contribution in [0.4, 0.5) is 0 Å². The van der Waals surface area contributed by atoms with Crippen molar-refractivity contribution in [2.24, 2.45) is 141 Å². The molecular weight excluding hydrogens is 1140 g/mol. The van der Waals surface area contributed by atoms with Crippen molar-refractivity contribution in [1.82, 2.24) is 0 Å². The van der Waals surface area contributed by atoms with E-state index in [1.165, 1.54) is 89.9 Å². The summed E-state index contributed by atoms with van der Waals surface area (Å²) in [6.45, 7) is 24.6. The SMILES string of the molecule is CCC(C)(C)C(=O)OC1CC2CC1C1C3CC(C(=O)OC4(C)CCCCC4)C(C3)C21.CCC1(OC(=O)C2CC3CC2C2C4CC(OC(=O)C(C)(C)CC)C(C4)C32)CCCC1.CCC1(OC(=O)C2CC3CC2C2C4CC(OC(=O)C(C)(C)CC)C(C4)C32)CCCCC1. The van der Waals surface area contributed by atoms with Gasteiger partial charge >= 0.3 is 35.8 Å². The van der Waals surface area contributed by atoms with Crippen LogP contribution in [0, 0.1) is 141 Å². The predicted octanol–water partition coefficient (Wildman–Crippen LogP) is 17.0. The quantitative estimate of drug-likeness (QED) is 0.0772. The first kappa shape index (κ1) is 66.4. The van der Waals surface area contributed by atoms with Crippen LogP contribution in [0.15, 0.2) is 0 Å². The third-order valence-electron chi connectivity index (χ3n) is 30.7. The molecule has 510 valence electrons. The number of hydrogen-bond acceptors (Lipinski definition) is 12. The number of ether oxygens (including phenoxy) is 6. The predicted molar refractivity (Wildman–Crippen MR) is 348 cm³/mol. The zero-order valence-corrected chi connectivity index (χ0v) is 58.7. The third kappa shape index (κ3) is 11.8. The van der Waals surface area contributed by atoms with Gasteiger partial charge in [-0.05, 0) is 341 Å². The van der Waals surface area contributed by atoms with E-state index < -0.39 is 0 Å². The number of rotatable bonds is 17. The van der Waals surface area contributed by atoms with Gasteiger partial charge in [-0.2, -0.15) is 0 Å². The second kappa shape index (κ2) is 25.0. The van der Waals surface area contributed by atoms with Crippen LogP contribution in [-0.2, 0) is 57.2 Å². The van der Waals surface area contributed by atoms with Gasteiger partial charge in [0, 0.05) is 0 Å². The molecule has 15 aliphatic carbocycles. The highest BCUT2D eigenvalue weighted by Gasteiger charge is 2.70. The molecule has 0 N–H and O–H groups in total. The van der Waals surface area contributed by atoms with Crippen LogP contribution in [0.3, 0.4) is 0 Å². The molecule has 0 spiro atoms. The first-order valence-electron chi connectivity index (χ1n) is 38.6. The molecule has 0 aromatic rings. The van der Waals surface area contributed by atoms with Crippen molar-refractivity contribution < 1.29 is 57.2 Å². The third-order valence-corrected chi connectivity index (χ3v) is 30.7. The minimum atomic E-state index is -0.390. The van der Waals surface area contributed by atoms with E-state index in [-0.39, 0.29) is 105 Å². The van der Waals surface area contributed by atoms with Gasteiger partial charge in [0.05, 0.1) is 34.0 Å². The fourth-order valence-electron chi connectivity index (χ4n) is 24.7. The van der Waals surface area contributed by atoms with Gasteiger partial charge in [0.2, 0.25) is 0 Å². The van der Waals surface area contributed by atoms with Crippen LogP contribution in [0.25, 0.3) is 0 Å². The molecule has 12 nitrogen and oxygen atoms in total. The molecule has 15 fully saturated rings. The number of carbonyl (C=O) groups excluding carboxylic acids is 6. The normalized spacial score (nSPS) is 43.0. The first-order valence-corrected chi connectivity index (χ1v) is 38.6. The molecule has 0 heterocycles. The van der Waals surface area contributed by atoms with E-state index in [0.29, 0.717) is 107 Å². The molecule has 12 heteroatoms. The van der Waals surface area contributed by atoms with E-state index >= 15 is 0 Å². The maximum absolute atomic E-state index is 13.3. The lowest BCUT2D eigenvalue weighted by atomic mass is 9.66. The molecule has 12 bridgehead atoms. The molecule has 91 heavy (non-hydrogen) atoms. The Kier molecular flexibility index (Phi) is 18.3. The van der Waals surface area contributed by atoms with Crippen molar-refractivity contribution in [3.8, 4) is 0 Å². The smallest absolute Gasteiger partial charge is 0.311 e. The molecule has 0 radical (unpaired) electrons. The van der Waals surface area contributed by atoms with E-state index in [1.54, 1.807) is 0 Å². The van der Waals surface area contributed by atoms with E-state index in [1.807, 2.05) is 41.5 Å². The first-order chi connectivity index (χ1) is 43.3. The molecular formula is C79H122O12. The lowest BCUT2D eigenvalue weighted by Gasteiger charge is -2.42. The van der Waals surface area contributed by atoms with Crippen molar-refractivity contribution in [2.75, 3.05) is 0 Å². The lowest BCUT2D eigenvalue weighted by molar-refractivity contribution is -0.174. The highest BCUT2D eigenvalue weighted by Crippen LogP contribution is 2.72. The molecule has 15 rings (SSSR count). The maximum Gasteiger partial charge on any atom is 0.311 e. The Bertz CT molecular complexity index is 2710. The van der Waals surface area contributed by atoms with Gasteiger partial charge in [0.1, 0.15) is 35.1 Å². The maximum atomic E-state index is 13.3. The van der Waals surface area contributed by atoms with Gasteiger partial charge in [-0.15, -0.1) is 0 Å². The number of carbonyl (C=O) groups is 6. The van der Waals surface area contributed by atoms with Crippen LogP contribution < -0.4 is 0 Å². The molecule has 15 aliphatic rings. The van der Waals surface area contributed by atoms with Crippen LogP contribution in [0.5, 0.6) is 0 Å². The molecule has 0 aliphatic heterocycles. The van der Waals surface area contributed by atoms with E-state index in [9.17, 15) is 28.8 Å². The highest BCUT2D eigenvalue weighted by atomic mass is 16.6. The van der Waals surface area contributed by atoms with Gasteiger partial charge in [0.25, 0.3) is 0 Å². The topological polar surface area (TPSA) is 158 Å². The van der Waals surface area contributed by atoms with Gasteiger partial charge in [-0.25, -0.2) is 0 Å². The Balaban J connectivity index is 0.000000125. The van der Waals surface area contributed by atoms with Crippen molar-refractivity contribution in [2.45, 2.75) is 317 Å². The zero-order chi connectivity index (χ0) is 64.5. The highest BCUT2D eigenvalue weighted by molar-refractivity contribution is 5.78. The van der Waals surface area contributed by atoms with Gasteiger partial charge in [-0.3, -0.25) is 28.8 Å². The summed E-state index contributed by atoms with van der Waals surface area (Å²) < 4.78 is 36.9. The summed E-state index contributed by atoms with van der Waals surface area (Å²) in [4.78, 5) is 77.7. The molecule has 15 saturated carbocycles. The Morgan fingerprint density at radius 2 is 0.582 bits per heavy atom. The largest absolute Gasteiger partial charge is 0.462 e. The second-order valence-electron chi connectivity index (χ2n) is 36.3. The minimum absolute atomic E-state index is 0.0222. The molecule has 0 aromatic heterocycles. The molecule has 0 aromatic carbocycles. The van der Waals surface area contributed by atoms with Crippen LogP contribution in [0.2, 0.25) is 0 Å². The van der Waals surface area contributed by atoms with Crippen molar-refractivity contribution in [3.05, 3.63) is 0 Å². The Hall–Kier alpha value is -3.18. The Labute approximate surface area is 548 Å². The summed E-state index contributed by atoms with van der Waals surface area (Å²) in [5.74, 6) is 11.6. The van der Waals surface area contributed by atoms with E-state index in [2.05, 4.69) is 41.5 Å². The number of hydrogen-bond donors (Lipinski definition) is 0. The summed E-state index contributed by atoms with van der Waals surface area (Å²) in [5, 5.41) is 0. The van der Waals surface area contributed by atoms with Crippen molar-refractivity contribution in [3.63, 3.8) is 0 Å². The summed E-state index contributed by atoms with van der Waals surface area (Å²) in [6, 6.07) is 0. The standard InChI is InChI=1S/C27H42O4.2C26H40O4/c1-5-26(3,4)25(29)30-21-15-17-14-20(21)23-16-12-18(22(17)23)19(13-16)24(28)31-27(6-2)10-8-7-9-11-27;1-5-25(2,3)24(28)29-20-14-16-13-19(20)22-15-11-17(21(16)22)18(12-15)23(27)30-26(4)9-7-6-8-10-26;1-5-25(3,4)24(28)29-20-14-16-13-19(20)22-15-11-17(21(16)22)18(12-15)23(27)30-26(6-2)9-7-8-10-26/h16-23H,5-15H2,1-4H3;2*15-22H,5-14H2,1-4H3. The molecule has 24 atom stereocenters. The van der Waals surface area contributed by atoms with Crippen molar-refractivity contribution >= 4 is 35.8 Å². The van der Waals surface area contributed by atoms with Gasteiger partial charge in [-0.1, -0.05) is 47.5 Å². The molecule has 0 saturated heterocycles. The van der Waals surface area contributed by atoms with Crippen molar-refractivity contribution in [1.29, 1.82) is 0 Å². The van der Waals surface area contributed by atoms with Crippen LogP contribution >= 0.6 is 0 Å². The lowest BCUT2D eigenvalue weighted by Crippen LogP contribution is -2.44. The Morgan fingerprint density at radius 1 is 0.330 bits per heavy atom. The summed E-state index contributed by atoms with van der Waals surface area (Å²) in [6.07, 6.45) is 33.9. The van der Waals surface area contributed by atoms with E-state index in [4.69, 9.17) is 28.4 Å². The fraction of sp³-hybridized carbons (Fsp3) is 0.924. The van der Waals surface area contributed by atoms with Gasteiger partial charge in [0.15, 0.2) is 0 Å². The summed E-state index contributed by atoms with van der Waals surface area (Å²) in [7, 11) is 0. The number of esters is 6. The second-order valence-corrected chi connectivity index (χ2v) is 36.3. The van der Waals surface area contributed by atoms with Crippen LogP contribution in [-0.4, -0.2) is 70.9 Å². The van der Waals surface area contributed by atoms with E-state index in [0.717, 1.165) is 109 Å². The summed E-state index contributed by atoms with van der Waals surface area (Å²) in [5.41, 5.74) is -1.75. The fourth-order valence-corrected chi connectivity index (χ4v) is 24.7. The molecule has 24 unspecified atom stereocenters. The number of fused-ring (bicyclic) bond motifs is 27.